The molecule has 0 atom stereocenters. The van der Waals surface area contributed by atoms with Crippen molar-refractivity contribution in [3.05, 3.63) is 59.5 Å². The third-order valence-corrected chi connectivity index (χ3v) is 4.64. The number of aryl methyl sites for hydroxylation is 1. The van der Waals surface area contributed by atoms with Crippen LogP contribution in [0.3, 0.4) is 0 Å². The van der Waals surface area contributed by atoms with Crippen LogP contribution in [0, 0.1) is 0 Å². The van der Waals surface area contributed by atoms with Gasteiger partial charge in [-0.3, -0.25) is 4.90 Å². The second-order valence-corrected chi connectivity index (χ2v) is 6.69. The minimum absolute atomic E-state index is 0.632. The van der Waals surface area contributed by atoms with Crippen LogP contribution in [-0.4, -0.2) is 35.4 Å². The molecular formula is C20H27NO3. The number of benzene rings is 1. The Hall–Kier alpha value is -1.62. The SMILES string of the molecule is CCc1ccc(CN(Cc2ccccc2)CC2(O)CCOCC2)o1. The second-order valence-electron chi connectivity index (χ2n) is 6.69. The lowest BCUT2D eigenvalue weighted by Crippen LogP contribution is -2.46. The van der Waals surface area contributed by atoms with Gasteiger partial charge < -0.3 is 14.3 Å². The van der Waals surface area contributed by atoms with Gasteiger partial charge in [-0.05, 0) is 17.7 Å². The van der Waals surface area contributed by atoms with Crippen LogP contribution in [0.1, 0.15) is 36.8 Å². The summed E-state index contributed by atoms with van der Waals surface area (Å²) in [7, 11) is 0. The van der Waals surface area contributed by atoms with E-state index in [4.69, 9.17) is 9.15 Å². The lowest BCUT2D eigenvalue weighted by atomic mass is 9.93. The van der Waals surface area contributed by atoms with Gasteiger partial charge in [-0.1, -0.05) is 37.3 Å². The maximum absolute atomic E-state index is 10.9. The standard InChI is InChI=1S/C20H27NO3/c1-2-18-8-9-19(24-18)15-21(14-17-6-4-3-5-7-17)16-20(22)10-12-23-13-11-20/h3-9,22H,2,10-16H2,1H3. The van der Waals surface area contributed by atoms with Crippen LogP contribution in [0.15, 0.2) is 46.9 Å². The fraction of sp³-hybridized carbons (Fsp3) is 0.500. The summed E-state index contributed by atoms with van der Waals surface area (Å²) in [5, 5.41) is 10.9. The van der Waals surface area contributed by atoms with E-state index >= 15 is 0 Å². The van der Waals surface area contributed by atoms with E-state index in [2.05, 4.69) is 36.1 Å². The van der Waals surface area contributed by atoms with Crippen LogP contribution in [0.2, 0.25) is 0 Å². The van der Waals surface area contributed by atoms with Crippen LogP contribution in [0.5, 0.6) is 0 Å². The van der Waals surface area contributed by atoms with Crippen LogP contribution in [0.25, 0.3) is 0 Å². The normalized spacial score (nSPS) is 17.3. The second kappa shape index (κ2) is 7.97. The van der Waals surface area contributed by atoms with Gasteiger partial charge in [-0.15, -0.1) is 0 Å². The maximum Gasteiger partial charge on any atom is 0.118 e. The Bertz CT molecular complexity index is 617. The lowest BCUT2D eigenvalue weighted by Gasteiger charge is -2.36. The fourth-order valence-corrected chi connectivity index (χ4v) is 3.25. The Balaban J connectivity index is 1.72. The predicted molar refractivity (Wildman–Crippen MR) is 93.6 cm³/mol. The van der Waals surface area contributed by atoms with Crippen molar-refractivity contribution >= 4 is 0 Å². The molecule has 1 aliphatic heterocycles. The van der Waals surface area contributed by atoms with E-state index in [1.54, 1.807) is 0 Å². The molecule has 0 saturated carbocycles. The zero-order valence-corrected chi connectivity index (χ0v) is 14.4. The number of hydrogen-bond acceptors (Lipinski definition) is 4. The van der Waals surface area contributed by atoms with Crippen LogP contribution in [-0.2, 0) is 24.2 Å². The smallest absolute Gasteiger partial charge is 0.118 e. The average molecular weight is 329 g/mol. The minimum atomic E-state index is -0.673. The molecule has 3 rings (SSSR count). The van der Waals surface area contributed by atoms with Gasteiger partial charge in [-0.2, -0.15) is 0 Å². The Morgan fingerprint density at radius 3 is 2.38 bits per heavy atom. The molecule has 2 heterocycles. The number of nitrogens with zero attached hydrogens (tertiary/aromatic N) is 1. The minimum Gasteiger partial charge on any atom is -0.465 e. The molecule has 0 bridgehead atoms. The molecule has 4 nitrogen and oxygen atoms in total. The molecule has 1 saturated heterocycles. The zero-order chi connectivity index (χ0) is 16.8. The zero-order valence-electron chi connectivity index (χ0n) is 14.4. The molecule has 0 aliphatic carbocycles. The van der Waals surface area contributed by atoms with Crippen molar-refractivity contribution in [3.63, 3.8) is 0 Å². The monoisotopic (exact) mass is 329 g/mol. The third-order valence-electron chi connectivity index (χ3n) is 4.64. The third kappa shape index (κ3) is 4.69. The van der Waals surface area contributed by atoms with Crippen LogP contribution >= 0.6 is 0 Å². The van der Waals surface area contributed by atoms with Gasteiger partial charge in [-0.25, -0.2) is 0 Å². The van der Waals surface area contributed by atoms with E-state index in [0.717, 1.165) is 24.5 Å². The highest BCUT2D eigenvalue weighted by Crippen LogP contribution is 2.24. The molecule has 0 spiro atoms. The van der Waals surface area contributed by atoms with Crippen molar-refractivity contribution in [2.24, 2.45) is 0 Å². The topological polar surface area (TPSA) is 45.8 Å². The number of furan rings is 1. The van der Waals surface area contributed by atoms with Gasteiger partial charge in [0.25, 0.3) is 0 Å². The first-order valence-electron chi connectivity index (χ1n) is 8.81. The van der Waals surface area contributed by atoms with Gasteiger partial charge in [0.05, 0.1) is 12.1 Å². The summed E-state index contributed by atoms with van der Waals surface area (Å²) >= 11 is 0. The molecule has 4 heteroatoms. The molecule has 1 aromatic carbocycles. The molecule has 0 unspecified atom stereocenters. The summed E-state index contributed by atoms with van der Waals surface area (Å²) in [6, 6.07) is 14.5. The first kappa shape index (κ1) is 17.2. The van der Waals surface area contributed by atoms with E-state index in [1.807, 2.05) is 18.2 Å². The highest BCUT2D eigenvalue weighted by atomic mass is 16.5. The van der Waals surface area contributed by atoms with Gasteiger partial charge in [0.2, 0.25) is 0 Å². The highest BCUT2D eigenvalue weighted by Gasteiger charge is 2.32. The predicted octanol–water partition coefficient (Wildman–Crippen LogP) is 3.39. The molecule has 1 fully saturated rings. The van der Waals surface area contributed by atoms with Crippen LogP contribution < -0.4 is 0 Å². The number of rotatable bonds is 7. The van der Waals surface area contributed by atoms with Crippen molar-refractivity contribution in [2.45, 2.75) is 44.9 Å². The first-order chi connectivity index (χ1) is 11.7. The molecule has 24 heavy (non-hydrogen) atoms. The van der Waals surface area contributed by atoms with Crippen molar-refractivity contribution in [1.29, 1.82) is 0 Å². The fourth-order valence-electron chi connectivity index (χ4n) is 3.25. The summed E-state index contributed by atoms with van der Waals surface area (Å²) in [5.41, 5.74) is 0.572. The highest BCUT2D eigenvalue weighted by molar-refractivity contribution is 5.15. The summed E-state index contributed by atoms with van der Waals surface area (Å²) in [5.74, 6) is 1.97. The molecule has 1 N–H and O–H groups in total. The van der Waals surface area contributed by atoms with E-state index in [1.165, 1.54) is 5.56 Å². The Labute approximate surface area is 144 Å². The van der Waals surface area contributed by atoms with Gasteiger partial charge >= 0.3 is 0 Å². The van der Waals surface area contributed by atoms with Crippen molar-refractivity contribution in [1.82, 2.24) is 4.90 Å². The molecule has 2 aromatic rings. The quantitative estimate of drug-likeness (QED) is 0.846. The van der Waals surface area contributed by atoms with E-state index in [-0.39, 0.29) is 0 Å². The lowest BCUT2D eigenvalue weighted by molar-refractivity contribution is -0.0827. The molecular weight excluding hydrogens is 302 g/mol. The molecule has 1 aliphatic rings. The summed E-state index contributed by atoms with van der Waals surface area (Å²) in [6.07, 6.45) is 2.28. The number of aliphatic hydroxyl groups is 1. The summed E-state index contributed by atoms with van der Waals surface area (Å²) < 4.78 is 11.3. The maximum atomic E-state index is 10.9. The van der Waals surface area contributed by atoms with Gasteiger partial charge in [0, 0.05) is 45.6 Å². The summed E-state index contributed by atoms with van der Waals surface area (Å²) in [4.78, 5) is 2.28. The van der Waals surface area contributed by atoms with E-state index in [0.29, 0.717) is 39.1 Å². The van der Waals surface area contributed by atoms with Crippen molar-refractivity contribution in [2.75, 3.05) is 19.8 Å². The molecule has 130 valence electrons. The van der Waals surface area contributed by atoms with Crippen LogP contribution in [0.4, 0.5) is 0 Å². The Kier molecular flexibility index (Phi) is 5.72. The van der Waals surface area contributed by atoms with Gasteiger partial charge in [0.1, 0.15) is 11.5 Å². The summed E-state index contributed by atoms with van der Waals surface area (Å²) in [6.45, 7) is 5.50. The number of hydrogen-bond donors (Lipinski definition) is 1. The Morgan fingerprint density at radius 2 is 1.71 bits per heavy atom. The first-order valence-corrected chi connectivity index (χ1v) is 8.81. The van der Waals surface area contributed by atoms with Crippen molar-refractivity contribution in [3.8, 4) is 0 Å². The van der Waals surface area contributed by atoms with Gasteiger partial charge in [0.15, 0.2) is 0 Å². The van der Waals surface area contributed by atoms with Crippen molar-refractivity contribution < 1.29 is 14.3 Å². The van der Waals surface area contributed by atoms with E-state index < -0.39 is 5.60 Å². The molecule has 0 radical (unpaired) electrons. The molecule has 1 aromatic heterocycles. The Morgan fingerprint density at radius 1 is 1.00 bits per heavy atom. The molecule has 0 amide bonds. The van der Waals surface area contributed by atoms with E-state index in [9.17, 15) is 5.11 Å². The number of ether oxygens (including phenoxy) is 1. The average Bonchev–Trinajstić information content (AvgIpc) is 3.03. The largest absolute Gasteiger partial charge is 0.465 e.